The van der Waals surface area contributed by atoms with Crippen LogP contribution in [0.1, 0.15) is 46.6 Å². The van der Waals surface area contributed by atoms with Crippen LogP contribution in [0.4, 0.5) is 23.7 Å². The Hall–Kier alpha value is -1.37. The lowest BCUT2D eigenvalue weighted by Gasteiger charge is -2.33. The maximum atomic E-state index is 12.7. The van der Waals surface area contributed by atoms with Gasteiger partial charge in [-0.15, -0.1) is 11.8 Å². The molecule has 0 aliphatic carbocycles. The molecule has 0 saturated carbocycles. The van der Waals surface area contributed by atoms with Crippen molar-refractivity contribution in [2.45, 2.75) is 52.0 Å². The molecule has 1 N–H and O–H groups in total. The Bertz CT molecular complexity index is 595. The highest BCUT2D eigenvalue weighted by atomic mass is 32.2. The van der Waals surface area contributed by atoms with Crippen molar-refractivity contribution in [3.8, 4) is 0 Å². The second-order valence-corrected chi connectivity index (χ2v) is 9.63. The van der Waals surface area contributed by atoms with Gasteiger partial charge < -0.3 is 10.2 Å². The summed E-state index contributed by atoms with van der Waals surface area (Å²) in [6, 6.07) is 4.20. The van der Waals surface area contributed by atoms with E-state index in [2.05, 4.69) is 39.9 Å². The first-order valence-corrected chi connectivity index (χ1v) is 9.01. The highest BCUT2D eigenvalue weighted by Gasteiger charge is 2.30. The summed E-state index contributed by atoms with van der Waals surface area (Å²) in [5.74, 6) is 0.452. The molecule has 1 aromatic carbocycles. The minimum atomic E-state index is -4.43. The second kappa shape index (κ2) is 7.89. The molecule has 1 aromatic rings. The third kappa shape index (κ3) is 8.03. The number of halogens is 3. The van der Waals surface area contributed by atoms with Crippen molar-refractivity contribution in [1.82, 2.24) is 4.90 Å². The van der Waals surface area contributed by atoms with Gasteiger partial charge in [-0.3, -0.25) is 0 Å². The molecule has 1 rings (SSSR count). The second-order valence-electron chi connectivity index (χ2n) is 7.98. The van der Waals surface area contributed by atoms with Gasteiger partial charge in [0.25, 0.3) is 0 Å². The van der Waals surface area contributed by atoms with E-state index in [4.69, 9.17) is 0 Å². The highest BCUT2D eigenvalue weighted by Crippen LogP contribution is 2.37. The molecule has 0 fully saturated rings. The van der Waals surface area contributed by atoms with Crippen LogP contribution in [-0.2, 0) is 6.18 Å². The van der Waals surface area contributed by atoms with Crippen LogP contribution in [0.2, 0.25) is 0 Å². The van der Waals surface area contributed by atoms with Crippen molar-refractivity contribution < 1.29 is 18.0 Å². The Kier molecular flexibility index (Phi) is 6.84. The quantitative estimate of drug-likeness (QED) is 0.632. The first kappa shape index (κ1) is 21.7. The summed E-state index contributed by atoms with van der Waals surface area (Å²) in [4.78, 5) is 13.7. The number of amides is 2. The summed E-state index contributed by atoms with van der Waals surface area (Å²) in [6.45, 7) is 10.8. The van der Waals surface area contributed by atoms with E-state index in [1.807, 2.05) is 0 Å². The summed E-state index contributed by atoms with van der Waals surface area (Å²) in [5.41, 5.74) is -0.478. The Balaban J connectivity index is 2.63. The number of nitrogens with one attached hydrogen (secondary N) is 1. The zero-order chi connectivity index (χ0) is 19.5. The van der Waals surface area contributed by atoms with Gasteiger partial charge >= 0.3 is 12.2 Å². The molecule has 0 radical (unpaired) electrons. The minimum absolute atomic E-state index is 0.0109. The van der Waals surface area contributed by atoms with E-state index in [1.165, 1.54) is 17.0 Å². The van der Waals surface area contributed by atoms with Crippen LogP contribution >= 0.6 is 11.8 Å². The Morgan fingerprint density at radius 1 is 1.16 bits per heavy atom. The van der Waals surface area contributed by atoms with Crippen LogP contribution in [0.15, 0.2) is 24.3 Å². The minimum Gasteiger partial charge on any atom is -0.318 e. The van der Waals surface area contributed by atoms with Crippen LogP contribution < -0.4 is 5.32 Å². The molecule has 3 nitrogen and oxygen atoms in total. The largest absolute Gasteiger partial charge is 0.416 e. The van der Waals surface area contributed by atoms with E-state index in [1.54, 1.807) is 18.8 Å². The van der Waals surface area contributed by atoms with Gasteiger partial charge in [0, 0.05) is 17.5 Å². The molecule has 0 heterocycles. The van der Waals surface area contributed by atoms with E-state index < -0.39 is 17.8 Å². The van der Waals surface area contributed by atoms with Gasteiger partial charge in [0.2, 0.25) is 0 Å². The lowest BCUT2D eigenvalue weighted by Crippen LogP contribution is -2.34. The van der Waals surface area contributed by atoms with E-state index in [-0.39, 0.29) is 15.8 Å². The molecular formula is C18H27F3N2OS. The molecule has 0 saturated heterocycles. The van der Waals surface area contributed by atoms with Gasteiger partial charge in [0.1, 0.15) is 0 Å². The number of alkyl halides is 3. The molecule has 142 valence electrons. The van der Waals surface area contributed by atoms with Crippen molar-refractivity contribution in [3.63, 3.8) is 0 Å². The van der Waals surface area contributed by atoms with Crippen LogP contribution in [0.25, 0.3) is 0 Å². The topological polar surface area (TPSA) is 32.3 Å². The monoisotopic (exact) mass is 376 g/mol. The van der Waals surface area contributed by atoms with Crippen molar-refractivity contribution in [2.24, 2.45) is 5.41 Å². The fraction of sp³-hybridized carbons (Fsp3) is 0.611. The number of thioether (sulfide) groups is 1. The van der Waals surface area contributed by atoms with Crippen molar-refractivity contribution in [2.75, 3.05) is 18.2 Å². The fourth-order valence-corrected chi connectivity index (χ4v) is 3.85. The lowest BCUT2D eigenvalue weighted by molar-refractivity contribution is -0.137. The number of nitrogens with zero attached hydrogens (tertiary/aromatic N) is 1. The number of rotatable bonds is 5. The van der Waals surface area contributed by atoms with Gasteiger partial charge in [-0.05, 0) is 30.0 Å². The highest BCUT2D eigenvalue weighted by molar-refractivity contribution is 8.00. The Morgan fingerprint density at radius 3 is 2.28 bits per heavy atom. The molecular weight excluding hydrogens is 349 g/mol. The van der Waals surface area contributed by atoms with Gasteiger partial charge in [-0.1, -0.05) is 40.7 Å². The smallest absolute Gasteiger partial charge is 0.318 e. The first-order valence-electron chi connectivity index (χ1n) is 8.03. The normalized spacial score (nSPS) is 12.8. The maximum absolute atomic E-state index is 12.7. The summed E-state index contributed by atoms with van der Waals surface area (Å²) in [7, 11) is 1.63. The zero-order valence-corrected chi connectivity index (χ0v) is 16.4. The molecule has 0 atom stereocenters. The Morgan fingerprint density at radius 2 is 1.76 bits per heavy atom. The van der Waals surface area contributed by atoms with E-state index in [0.717, 1.165) is 18.6 Å². The van der Waals surface area contributed by atoms with Crippen LogP contribution in [0, 0.1) is 5.41 Å². The number of carbonyl (C=O) groups excluding carboxylic acids is 1. The van der Waals surface area contributed by atoms with Crippen LogP contribution in [-0.4, -0.2) is 28.6 Å². The van der Waals surface area contributed by atoms with Gasteiger partial charge in [0.15, 0.2) is 0 Å². The van der Waals surface area contributed by atoms with Crippen LogP contribution in [0.3, 0.4) is 0 Å². The average molecular weight is 376 g/mol. The number of benzene rings is 1. The van der Waals surface area contributed by atoms with Crippen molar-refractivity contribution in [3.05, 3.63) is 29.8 Å². The number of carbonyl (C=O) groups is 1. The zero-order valence-electron chi connectivity index (χ0n) is 15.6. The van der Waals surface area contributed by atoms with E-state index in [0.29, 0.717) is 5.88 Å². The first-order chi connectivity index (χ1) is 11.2. The number of hydrogen-bond donors (Lipinski definition) is 1. The summed E-state index contributed by atoms with van der Waals surface area (Å²) < 4.78 is 38.2. The standard InChI is InChI=1S/C18H27F3N2OS/c1-16(2,3)11-17(4,5)25-12-23(6)15(24)22-14-9-7-8-13(10-14)18(19,20)21/h7-10H,11-12H2,1-6H3,(H,22,24). The molecule has 0 unspecified atom stereocenters. The third-order valence-corrected chi connectivity index (χ3v) is 4.84. The predicted octanol–water partition coefficient (Wildman–Crippen LogP) is 6.07. The van der Waals surface area contributed by atoms with Crippen molar-refractivity contribution >= 4 is 23.5 Å². The molecule has 0 aliphatic rings. The predicted molar refractivity (Wildman–Crippen MR) is 98.8 cm³/mol. The maximum Gasteiger partial charge on any atom is 0.416 e. The number of urea groups is 1. The molecule has 2 amide bonds. The molecule has 0 spiro atoms. The molecule has 25 heavy (non-hydrogen) atoms. The van der Waals surface area contributed by atoms with Gasteiger partial charge in [-0.2, -0.15) is 13.2 Å². The number of hydrogen-bond acceptors (Lipinski definition) is 2. The summed E-state index contributed by atoms with van der Waals surface area (Å²) in [6.07, 6.45) is -3.45. The molecule has 0 aromatic heterocycles. The Labute approximate surface area is 152 Å². The SMILES string of the molecule is CN(CSC(C)(C)CC(C)(C)C)C(=O)Nc1cccc(C(F)(F)F)c1. The molecule has 0 aliphatic heterocycles. The summed E-state index contributed by atoms with van der Waals surface area (Å²) >= 11 is 1.65. The molecule has 7 heteroatoms. The van der Waals surface area contributed by atoms with Crippen molar-refractivity contribution in [1.29, 1.82) is 0 Å². The van der Waals surface area contributed by atoms with E-state index in [9.17, 15) is 18.0 Å². The van der Waals surface area contributed by atoms with Gasteiger partial charge in [-0.25, -0.2) is 4.79 Å². The third-order valence-electron chi connectivity index (χ3n) is 3.39. The fourth-order valence-electron chi connectivity index (χ4n) is 2.65. The number of anilines is 1. The van der Waals surface area contributed by atoms with E-state index >= 15 is 0 Å². The lowest BCUT2D eigenvalue weighted by atomic mass is 9.86. The van der Waals surface area contributed by atoms with Gasteiger partial charge in [0.05, 0.1) is 11.4 Å². The van der Waals surface area contributed by atoms with Crippen LogP contribution in [0.5, 0.6) is 0 Å². The summed E-state index contributed by atoms with van der Waals surface area (Å²) in [5, 5.41) is 2.51. The average Bonchev–Trinajstić information content (AvgIpc) is 2.41. The molecule has 0 bridgehead atoms.